The lowest BCUT2D eigenvalue weighted by Crippen LogP contribution is -2.42. The molecule has 1 saturated carbocycles. The molecule has 6 heteroatoms. The van der Waals surface area contributed by atoms with E-state index in [-0.39, 0.29) is 23.6 Å². The van der Waals surface area contributed by atoms with E-state index in [2.05, 4.69) is 10.6 Å². The molecule has 0 saturated heterocycles. The molecule has 2 atom stereocenters. The predicted molar refractivity (Wildman–Crippen MR) is 76.4 cm³/mol. The Morgan fingerprint density at radius 1 is 1.33 bits per heavy atom. The van der Waals surface area contributed by atoms with Crippen LogP contribution >= 0.6 is 0 Å². The predicted octanol–water partition coefficient (Wildman–Crippen LogP) is 2.60. The number of carbonyl (C=O) groups excluding carboxylic acids is 2. The van der Waals surface area contributed by atoms with Crippen molar-refractivity contribution in [3.05, 3.63) is 29.6 Å². The fourth-order valence-electron chi connectivity index (χ4n) is 2.63. The van der Waals surface area contributed by atoms with Crippen LogP contribution in [0.4, 0.5) is 14.9 Å². The number of hydrogen-bond donors (Lipinski definition) is 2. The molecule has 1 fully saturated rings. The van der Waals surface area contributed by atoms with Crippen LogP contribution in [0.3, 0.4) is 0 Å². The lowest BCUT2D eigenvalue weighted by atomic mass is 10.0. The van der Waals surface area contributed by atoms with Crippen LogP contribution in [0.5, 0.6) is 0 Å². The molecule has 1 aromatic rings. The van der Waals surface area contributed by atoms with Gasteiger partial charge < -0.3 is 15.4 Å². The first-order valence-corrected chi connectivity index (χ1v) is 6.92. The Bertz CT molecular complexity index is 548. The minimum Gasteiger partial charge on any atom is -0.469 e. The molecule has 2 rings (SSSR count). The van der Waals surface area contributed by atoms with Gasteiger partial charge >= 0.3 is 12.0 Å². The van der Waals surface area contributed by atoms with E-state index in [1.54, 1.807) is 12.1 Å². The lowest BCUT2D eigenvalue weighted by molar-refractivity contribution is -0.145. The highest BCUT2D eigenvalue weighted by molar-refractivity contribution is 5.90. The maximum Gasteiger partial charge on any atom is 0.319 e. The molecule has 2 amide bonds. The van der Waals surface area contributed by atoms with Gasteiger partial charge in [0, 0.05) is 6.04 Å². The van der Waals surface area contributed by atoms with Crippen molar-refractivity contribution in [2.75, 3.05) is 12.4 Å². The maximum absolute atomic E-state index is 13.6. The number of benzene rings is 1. The molecule has 5 nitrogen and oxygen atoms in total. The quantitative estimate of drug-likeness (QED) is 0.842. The SMILES string of the molecule is COC(=O)[C@H]1CCC[C@@H]1NC(=O)Nc1cc(C)ccc1F. The van der Waals surface area contributed by atoms with Crippen LogP contribution in [0, 0.1) is 18.7 Å². The molecular formula is C15H19FN2O3. The van der Waals surface area contributed by atoms with E-state index in [1.165, 1.54) is 13.2 Å². The van der Waals surface area contributed by atoms with E-state index in [1.807, 2.05) is 6.92 Å². The van der Waals surface area contributed by atoms with E-state index in [0.717, 1.165) is 12.0 Å². The second kappa shape index (κ2) is 6.56. The Kier molecular flexibility index (Phi) is 4.77. The van der Waals surface area contributed by atoms with E-state index < -0.39 is 11.8 Å². The number of esters is 1. The molecule has 0 bridgehead atoms. The van der Waals surface area contributed by atoms with Gasteiger partial charge in [-0.1, -0.05) is 12.5 Å². The number of hydrogen-bond acceptors (Lipinski definition) is 3. The molecule has 1 aliphatic rings. The van der Waals surface area contributed by atoms with Gasteiger partial charge in [0.15, 0.2) is 0 Å². The van der Waals surface area contributed by atoms with Crippen LogP contribution in [-0.2, 0) is 9.53 Å². The minimum atomic E-state index is -0.514. The van der Waals surface area contributed by atoms with Crippen molar-refractivity contribution >= 4 is 17.7 Å². The summed E-state index contributed by atoms with van der Waals surface area (Å²) in [6.07, 6.45) is 2.25. The van der Waals surface area contributed by atoms with Crippen molar-refractivity contribution in [3.8, 4) is 0 Å². The standard InChI is InChI=1S/C15H19FN2O3/c1-9-6-7-11(16)13(8-9)18-15(20)17-12-5-3-4-10(12)14(19)21-2/h6-8,10,12H,3-5H2,1-2H3,(H2,17,18,20)/t10-,12-/m0/s1. The van der Waals surface area contributed by atoms with Crippen molar-refractivity contribution in [1.82, 2.24) is 5.32 Å². The maximum atomic E-state index is 13.6. The molecule has 2 N–H and O–H groups in total. The zero-order valence-electron chi connectivity index (χ0n) is 12.1. The van der Waals surface area contributed by atoms with Gasteiger partial charge in [0.2, 0.25) is 0 Å². The van der Waals surface area contributed by atoms with Gasteiger partial charge in [-0.25, -0.2) is 9.18 Å². The zero-order chi connectivity index (χ0) is 15.4. The lowest BCUT2D eigenvalue weighted by Gasteiger charge is -2.19. The van der Waals surface area contributed by atoms with Crippen molar-refractivity contribution < 1.29 is 18.7 Å². The van der Waals surface area contributed by atoms with E-state index >= 15 is 0 Å². The van der Waals surface area contributed by atoms with Crippen molar-refractivity contribution in [3.63, 3.8) is 0 Å². The van der Waals surface area contributed by atoms with Gasteiger partial charge in [0.05, 0.1) is 18.7 Å². The number of nitrogens with one attached hydrogen (secondary N) is 2. The first-order chi connectivity index (χ1) is 10.0. The molecule has 0 heterocycles. The number of methoxy groups -OCH3 is 1. The Morgan fingerprint density at radius 3 is 2.81 bits per heavy atom. The number of anilines is 1. The van der Waals surface area contributed by atoms with Crippen LogP contribution in [0.15, 0.2) is 18.2 Å². The molecule has 0 aliphatic heterocycles. The fourth-order valence-corrected chi connectivity index (χ4v) is 2.63. The molecule has 114 valence electrons. The van der Waals surface area contributed by atoms with Crippen LogP contribution < -0.4 is 10.6 Å². The Balaban J connectivity index is 1.98. The largest absolute Gasteiger partial charge is 0.469 e. The summed E-state index contributed by atoms with van der Waals surface area (Å²) < 4.78 is 18.3. The van der Waals surface area contributed by atoms with Crippen molar-refractivity contribution in [1.29, 1.82) is 0 Å². The van der Waals surface area contributed by atoms with Crippen LogP contribution in [0.1, 0.15) is 24.8 Å². The molecule has 21 heavy (non-hydrogen) atoms. The van der Waals surface area contributed by atoms with Gasteiger partial charge in [-0.05, 0) is 37.5 Å². The van der Waals surface area contributed by atoms with Gasteiger partial charge in [0.1, 0.15) is 5.82 Å². The Labute approximate surface area is 122 Å². The number of aryl methyl sites for hydroxylation is 1. The first-order valence-electron chi connectivity index (χ1n) is 6.92. The monoisotopic (exact) mass is 294 g/mol. The van der Waals surface area contributed by atoms with Gasteiger partial charge in [0.25, 0.3) is 0 Å². The average molecular weight is 294 g/mol. The molecule has 1 aliphatic carbocycles. The smallest absolute Gasteiger partial charge is 0.319 e. The fraction of sp³-hybridized carbons (Fsp3) is 0.467. The molecule has 0 radical (unpaired) electrons. The normalized spacial score (nSPS) is 20.9. The topological polar surface area (TPSA) is 67.4 Å². The van der Waals surface area contributed by atoms with Crippen LogP contribution in [0.2, 0.25) is 0 Å². The number of carbonyl (C=O) groups is 2. The zero-order valence-corrected chi connectivity index (χ0v) is 12.1. The Morgan fingerprint density at radius 2 is 2.10 bits per heavy atom. The third-order valence-electron chi connectivity index (χ3n) is 3.71. The molecule has 1 aromatic carbocycles. The molecule has 0 aromatic heterocycles. The summed E-state index contributed by atoms with van der Waals surface area (Å²) in [5, 5.41) is 5.20. The molecule has 0 spiro atoms. The molecular weight excluding hydrogens is 275 g/mol. The highest BCUT2D eigenvalue weighted by atomic mass is 19.1. The van der Waals surface area contributed by atoms with Gasteiger partial charge in [-0.2, -0.15) is 0 Å². The summed E-state index contributed by atoms with van der Waals surface area (Å²) in [6, 6.07) is 3.70. The number of halogens is 1. The van der Waals surface area contributed by atoms with Crippen molar-refractivity contribution in [2.45, 2.75) is 32.2 Å². The number of amides is 2. The van der Waals surface area contributed by atoms with E-state index in [9.17, 15) is 14.0 Å². The summed E-state index contributed by atoms with van der Waals surface area (Å²) in [6.45, 7) is 1.81. The summed E-state index contributed by atoms with van der Waals surface area (Å²) in [5.41, 5.74) is 0.972. The highest BCUT2D eigenvalue weighted by Crippen LogP contribution is 2.27. The summed E-state index contributed by atoms with van der Waals surface area (Å²) in [7, 11) is 1.33. The van der Waals surface area contributed by atoms with Gasteiger partial charge in [-0.3, -0.25) is 4.79 Å². The van der Waals surface area contributed by atoms with Crippen molar-refractivity contribution in [2.24, 2.45) is 5.92 Å². The summed E-state index contributed by atoms with van der Waals surface area (Å²) in [4.78, 5) is 23.6. The second-order valence-electron chi connectivity index (χ2n) is 5.25. The number of ether oxygens (including phenoxy) is 1. The van der Waals surface area contributed by atoms with E-state index in [0.29, 0.717) is 12.8 Å². The second-order valence-corrected chi connectivity index (χ2v) is 5.25. The highest BCUT2D eigenvalue weighted by Gasteiger charge is 2.34. The summed E-state index contributed by atoms with van der Waals surface area (Å²) >= 11 is 0. The first kappa shape index (κ1) is 15.3. The van der Waals surface area contributed by atoms with Crippen LogP contribution in [-0.4, -0.2) is 25.2 Å². The average Bonchev–Trinajstić information content (AvgIpc) is 2.90. The van der Waals surface area contributed by atoms with Crippen LogP contribution in [0.25, 0.3) is 0 Å². The number of urea groups is 1. The third-order valence-corrected chi connectivity index (χ3v) is 3.71. The van der Waals surface area contributed by atoms with Gasteiger partial charge in [-0.15, -0.1) is 0 Å². The van der Waals surface area contributed by atoms with E-state index in [4.69, 9.17) is 4.74 Å². The minimum absolute atomic E-state index is 0.125. The Hall–Kier alpha value is -2.11. The molecule has 0 unspecified atom stereocenters. The third kappa shape index (κ3) is 3.71. The number of rotatable bonds is 3. The summed E-state index contributed by atoms with van der Waals surface area (Å²) in [5.74, 6) is -1.14.